The molecule has 0 bridgehead atoms. The van der Waals surface area contributed by atoms with Gasteiger partial charge in [0.1, 0.15) is 11.7 Å². The van der Waals surface area contributed by atoms with Crippen molar-refractivity contribution in [3.63, 3.8) is 0 Å². The number of pyridine rings is 1. The van der Waals surface area contributed by atoms with Crippen LogP contribution in [0.25, 0.3) is 0 Å². The Morgan fingerprint density at radius 2 is 1.96 bits per heavy atom. The molecule has 0 radical (unpaired) electrons. The van der Waals surface area contributed by atoms with Gasteiger partial charge in [-0.1, -0.05) is 28.1 Å². The molecule has 1 aromatic carbocycles. The number of amides is 1. The Balaban J connectivity index is 1.81. The molecule has 1 amide bonds. The summed E-state index contributed by atoms with van der Waals surface area (Å²) in [4.78, 5) is 18.6. The van der Waals surface area contributed by atoms with Gasteiger partial charge in [-0.3, -0.25) is 9.88 Å². The monoisotopic (exact) mass is 418 g/mol. The van der Waals surface area contributed by atoms with Gasteiger partial charge in [-0.05, 0) is 55.7 Å². The number of halogens is 1. The van der Waals surface area contributed by atoms with E-state index in [1.807, 2.05) is 57.3 Å². The number of ether oxygens (including phenoxy) is 2. The molecule has 0 aliphatic carbocycles. The Hall–Kier alpha value is -1.92. The minimum Gasteiger partial charge on any atom is -0.444 e. The number of aromatic nitrogens is 1. The molecule has 0 saturated carbocycles. The summed E-state index contributed by atoms with van der Waals surface area (Å²) < 4.78 is 12.2. The van der Waals surface area contributed by atoms with Gasteiger partial charge >= 0.3 is 6.09 Å². The van der Waals surface area contributed by atoms with E-state index in [2.05, 4.69) is 20.9 Å². The van der Waals surface area contributed by atoms with Gasteiger partial charge in [-0.2, -0.15) is 0 Å². The number of rotatable bonds is 3. The fourth-order valence-electron chi connectivity index (χ4n) is 3.00. The molecule has 2 heterocycles. The van der Waals surface area contributed by atoms with E-state index in [1.165, 1.54) is 0 Å². The second kappa shape index (κ2) is 7.37. The molecule has 5 nitrogen and oxygen atoms in total. The Kier molecular flexibility index (Phi) is 5.34. The van der Waals surface area contributed by atoms with Gasteiger partial charge in [0.15, 0.2) is 0 Å². The van der Waals surface area contributed by atoms with Crippen molar-refractivity contribution in [1.29, 1.82) is 0 Å². The van der Waals surface area contributed by atoms with E-state index in [1.54, 1.807) is 12.0 Å². The number of carbonyl (C=O) groups is 1. The molecule has 0 fully saturated rings. The summed E-state index contributed by atoms with van der Waals surface area (Å²) in [5, 5.41) is 0. The Morgan fingerprint density at radius 1 is 1.23 bits per heavy atom. The fourth-order valence-corrected chi connectivity index (χ4v) is 3.41. The first-order chi connectivity index (χ1) is 12.3. The highest BCUT2D eigenvalue weighted by molar-refractivity contribution is 9.10. The third-order valence-corrected chi connectivity index (χ3v) is 4.63. The first-order valence-corrected chi connectivity index (χ1v) is 9.30. The van der Waals surface area contributed by atoms with Crippen LogP contribution in [0.1, 0.15) is 49.3 Å². The summed E-state index contributed by atoms with van der Waals surface area (Å²) in [5.74, 6) is 0. The maximum absolute atomic E-state index is 12.3. The summed E-state index contributed by atoms with van der Waals surface area (Å²) in [6.45, 7) is 6.65. The SMILES string of the molecule is COC(c1cccc(Br)c1)c1cc2c(cn1)CN(C(=O)OC(C)(C)C)C2. The molecule has 26 heavy (non-hydrogen) atoms. The van der Waals surface area contributed by atoms with Crippen LogP contribution in [0.4, 0.5) is 4.79 Å². The highest BCUT2D eigenvalue weighted by atomic mass is 79.9. The van der Waals surface area contributed by atoms with Gasteiger partial charge in [-0.15, -0.1) is 0 Å². The van der Waals surface area contributed by atoms with Crippen molar-refractivity contribution in [3.8, 4) is 0 Å². The van der Waals surface area contributed by atoms with Gasteiger partial charge in [0.25, 0.3) is 0 Å². The van der Waals surface area contributed by atoms with Crippen LogP contribution in [0.2, 0.25) is 0 Å². The molecule has 0 spiro atoms. The summed E-state index contributed by atoms with van der Waals surface area (Å²) in [7, 11) is 1.67. The van der Waals surface area contributed by atoms with Gasteiger partial charge in [-0.25, -0.2) is 4.79 Å². The molecule has 1 atom stereocenters. The van der Waals surface area contributed by atoms with Crippen LogP contribution in [-0.4, -0.2) is 28.7 Å². The zero-order chi connectivity index (χ0) is 18.9. The number of carbonyl (C=O) groups excluding carboxylic acids is 1. The van der Waals surface area contributed by atoms with Gasteiger partial charge in [0.05, 0.1) is 12.2 Å². The summed E-state index contributed by atoms with van der Waals surface area (Å²) in [6.07, 6.45) is 1.28. The molecule has 138 valence electrons. The normalized spacial score (nSPS) is 14.9. The molecule has 2 aromatic rings. The predicted molar refractivity (Wildman–Crippen MR) is 103 cm³/mol. The minimum atomic E-state index is -0.503. The van der Waals surface area contributed by atoms with E-state index >= 15 is 0 Å². The number of hydrogen-bond acceptors (Lipinski definition) is 4. The average molecular weight is 419 g/mol. The van der Waals surface area contributed by atoms with Crippen molar-refractivity contribution in [3.05, 3.63) is 63.4 Å². The summed E-state index contributed by atoms with van der Waals surface area (Å²) in [5.41, 5.74) is 3.48. The van der Waals surface area contributed by atoms with Crippen molar-refractivity contribution in [2.45, 2.75) is 45.6 Å². The third-order valence-electron chi connectivity index (χ3n) is 4.13. The molecular weight excluding hydrogens is 396 g/mol. The smallest absolute Gasteiger partial charge is 0.410 e. The molecule has 0 saturated heterocycles. The molecular formula is C20H23BrN2O3. The highest BCUT2D eigenvalue weighted by Crippen LogP contribution is 2.30. The van der Waals surface area contributed by atoms with Crippen LogP contribution in [0.5, 0.6) is 0 Å². The number of methoxy groups -OCH3 is 1. The Bertz CT molecular complexity index is 817. The molecule has 1 aliphatic rings. The minimum absolute atomic E-state index is 0.256. The summed E-state index contributed by atoms with van der Waals surface area (Å²) >= 11 is 3.50. The second-order valence-corrected chi connectivity index (χ2v) is 8.30. The van der Waals surface area contributed by atoms with Gasteiger partial charge < -0.3 is 9.47 Å². The first-order valence-electron chi connectivity index (χ1n) is 8.51. The largest absolute Gasteiger partial charge is 0.444 e. The van der Waals surface area contributed by atoms with Crippen molar-refractivity contribution < 1.29 is 14.3 Å². The van der Waals surface area contributed by atoms with Gasteiger partial charge in [0.2, 0.25) is 0 Å². The van der Waals surface area contributed by atoms with Crippen LogP contribution >= 0.6 is 15.9 Å². The molecule has 1 unspecified atom stereocenters. The lowest BCUT2D eigenvalue weighted by molar-refractivity contribution is 0.0242. The van der Waals surface area contributed by atoms with Crippen molar-refractivity contribution in [2.24, 2.45) is 0 Å². The van der Waals surface area contributed by atoms with Crippen molar-refractivity contribution in [1.82, 2.24) is 9.88 Å². The number of benzene rings is 1. The van der Waals surface area contributed by atoms with E-state index in [9.17, 15) is 4.79 Å². The van der Waals surface area contributed by atoms with Crippen molar-refractivity contribution in [2.75, 3.05) is 7.11 Å². The molecule has 0 N–H and O–H groups in total. The van der Waals surface area contributed by atoms with Crippen LogP contribution in [0.3, 0.4) is 0 Å². The molecule has 6 heteroatoms. The number of fused-ring (bicyclic) bond motifs is 1. The second-order valence-electron chi connectivity index (χ2n) is 7.39. The van der Waals surface area contributed by atoms with E-state index in [0.29, 0.717) is 13.1 Å². The zero-order valence-corrected chi connectivity index (χ0v) is 17.0. The standard InChI is InChI=1S/C20H23BrN2O3/c1-20(2,3)26-19(24)23-11-14-9-17(22-10-15(14)12-23)18(25-4)13-6-5-7-16(21)8-13/h5-10,18H,11-12H2,1-4H3. The number of hydrogen-bond donors (Lipinski definition) is 0. The molecule has 1 aliphatic heterocycles. The van der Waals surface area contributed by atoms with E-state index in [-0.39, 0.29) is 12.2 Å². The Morgan fingerprint density at radius 3 is 2.62 bits per heavy atom. The van der Waals surface area contributed by atoms with E-state index in [0.717, 1.165) is 26.9 Å². The zero-order valence-electron chi connectivity index (χ0n) is 15.5. The quantitative estimate of drug-likeness (QED) is 0.715. The lowest BCUT2D eigenvalue weighted by atomic mass is 10.0. The summed E-state index contributed by atoms with van der Waals surface area (Å²) in [6, 6.07) is 10.0. The van der Waals surface area contributed by atoms with Crippen LogP contribution < -0.4 is 0 Å². The van der Waals surface area contributed by atoms with Crippen molar-refractivity contribution >= 4 is 22.0 Å². The average Bonchev–Trinajstić information content (AvgIpc) is 2.98. The Labute approximate surface area is 162 Å². The molecule has 3 rings (SSSR count). The lowest BCUT2D eigenvalue weighted by Crippen LogP contribution is -2.33. The van der Waals surface area contributed by atoms with E-state index in [4.69, 9.17) is 9.47 Å². The van der Waals surface area contributed by atoms with Crippen LogP contribution in [0.15, 0.2) is 41.0 Å². The lowest BCUT2D eigenvalue weighted by Gasteiger charge is -2.24. The fraction of sp³-hybridized carbons (Fsp3) is 0.400. The third kappa shape index (κ3) is 4.24. The maximum Gasteiger partial charge on any atom is 0.410 e. The van der Waals surface area contributed by atoms with Crippen LogP contribution in [0, 0.1) is 0 Å². The maximum atomic E-state index is 12.3. The molecule has 1 aromatic heterocycles. The number of nitrogens with zero attached hydrogens (tertiary/aromatic N) is 2. The van der Waals surface area contributed by atoms with E-state index < -0.39 is 5.60 Å². The topological polar surface area (TPSA) is 51.7 Å². The van der Waals surface area contributed by atoms with Gasteiger partial charge in [0, 0.05) is 24.3 Å². The first kappa shape index (κ1) is 18.9. The van der Waals surface area contributed by atoms with Crippen LogP contribution in [-0.2, 0) is 22.6 Å². The highest BCUT2D eigenvalue weighted by Gasteiger charge is 2.29. The predicted octanol–water partition coefficient (Wildman–Crippen LogP) is 4.83.